The molecule has 1 aromatic carbocycles. The molecule has 0 saturated heterocycles. The Hall–Kier alpha value is -0.610. The first-order valence-corrected chi connectivity index (χ1v) is 4.16. The van der Waals surface area contributed by atoms with Crippen molar-refractivity contribution < 1.29 is 0 Å². The minimum absolute atomic E-state index is 0.380. The van der Waals surface area contributed by atoms with Gasteiger partial charge in [0.25, 0.3) is 0 Å². The lowest BCUT2D eigenvalue weighted by Gasteiger charge is -2.00. The van der Waals surface area contributed by atoms with Crippen LogP contribution in [0.2, 0.25) is 0 Å². The molecule has 4 heteroatoms. The van der Waals surface area contributed by atoms with Gasteiger partial charge in [0.2, 0.25) is 0 Å². The number of benzene rings is 1. The van der Waals surface area contributed by atoms with Gasteiger partial charge < -0.3 is 11.5 Å². The topological polar surface area (TPSA) is 52.0 Å². The van der Waals surface area contributed by atoms with E-state index >= 15 is 0 Å². The first-order valence-electron chi connectivity index (χ1n) is 2.96. The van der Waals surface area contributed by atoms with Crippen molar-refractivity contribution in [3.05, 3.63) is 28.2 Å². The summed E-state index contributed by atoms with van der Waals surface area (Å²) in [5.41, 5.74) is 12.5. The van der Waals surface area contributed by atoms with Crippen molar-refractivity contribution in [2.75, 3.05) is 5.73 Å². The minimum Gasteiger partial charge on any atom is -0.398 e. The first-order chi connectivity index (χ1) is 5.11. The molecule has 0 saturated carbocycles. The Bertz CT molecular complexity index is 298. The normalized spacial score (nSPS) is 9.55. The summed E-state index contributed by atoms with van der Waals surface area (Å²) in [6, 6.07) is 5.36. The van der Waals surface area contributed by atoms with Crippen molar-refractivity contribution in [3.63, 3.8) is 0 Å². The molecule has 0 amide bonds. The second-order valence-electron chi connectivity index (χ2n) is 2.10. The predicted molar refractivity (Wildman–Crippen MR) is 54.4 cm³/mol. The van der Waals surface area contributed by atoms with E-state index in [2.05, 4.69) is 15.9 Å². The van der Waals surface area contributed by atoms with Crippen LogP contribution < -0.4 is 11.5 Å². The van der Waals surface area contributed by atoms with Gasteiger partial charge in [0, 0.05) is 15.7 Å². The molecule has 0 aromatic heterocycles. The fourth-order valence-electron chi connectivity index (χ4n) is 0.680. The largest absolute Gasteiger partial charge is 0.398 e. The minimum atomic E-state index is 0.380. The highest BCUT2D eigenvalue weighted by Crippen LogP contribution is 2.19. The molecule has 0 radical (unpaired) electrons. The Balaban J connectivity index is 3.15. The number of hydrogen-bond acceptors (Lipinski definition) is 2. The number of halogens is 1. The van der Waals surface area contributed by atoms with Gasteiger partial charge in [-0.25, -0.2) is 0 Å². The molecule has 0 aliphatic heterocycles. The number of hydrogen-bond donors (Lipinski definition) is 2. The van der Waals surface area contributed by atoms with Crippen LogP contribution in [-0.2, 0) is 0 Å². The standard InChI is InChI=1S/C7H7BrN2S/c8-5-3-4(7(10)11)1-2-6(5)9/h1-3H,9H2,(H2,10,11). The molecular formula is C7H7BrN2S. The van der Waals surface area contributed by atoms with Gasteiger partial charge in [-0.3, -0.25) is 0 Å². The summed E-state index contributed by atoms with van der Waals surface area (Å²) in [6.07, 6.45) is 0. The van der Waals surface area contributed by atoms with Crippen LogP contribution in [0.1, 0.15) is 5.56 Å². The lowest BCUT2D eigenvalue weighted by atomic mass is 10.2. The highest BCUT2D eigenvalue weighted by atomic mass is 79.9. The van der Waals surface area contributed by atoms with Crippen LogP contribution in [0.5, 0.6) is 0 Å². The molecule has 1 rings (SSSR count). The summed E-state index contributed by atoms with van der Waals surface area (Å²) in [4.78, 5) is 0.380. The van der Waals surface area contributed by atoms with Gasteiger partial charge in [-0.2, -0.15) is 0 Å². The van der Waals surface area contributed by atoms with Gasteiger partial charge in [0.05, 0.1) is 0 Å². The maximum Gasteiger partial charge on any atom is 0.104 e. The highest BCUT2D eigenvalue weighted by molar-refractivity contribution is 9.10. The van der Waals surface area contributed by atoms with Gasteiger partial charge >= 0.3 is 0 Å². The van der Waals surface area contributed by atoms with E-state index in [4.69, 9.17) is 23.7 Å². The van der Waals surface area contributed by atoms with E-state index in [1.54, 1.807) is 18.2 Å². The smallest absolute Gasteiger partial charge is 0.104 e. The van der Waals surface area contributed by atoms with E-state index in [-0.39, 0.29) is 0 Å². The summed E-state index contributed by atoms with van der Waals surface area (Å²) in [7, 11) is 0. The number of nitrogen functional groups attached to an aromatic ring is 1. The highest BCUT2D eigenvalue weighted by Gasteiger charge is 1.98. The average Bonchev–Trinajstić information content (AvgIpc) is 1.94. The third-order valence-corrected chi connectivity index (χ3v) is 2.21. The Labute approximate surface area is 78.7 Å². The Morgan fingerprint density at radius 2 is 2.09 bits per heavy atom. The first kappa shape index (κ1) is 8.49. The summed E-state index contributed by atoms with van der Waals surface area (Å²) < 4.78 is 0.822. The molecule has 0 spiro atoms. The van der Waals surface area contributed by atoms with Crippen molar-refractivity contribution >= 4 is 38.8 Å². The molecule has 0 unspecified atom stereocenters. The number of rotatable bonds is 1. The van der Waals surface area contributed by atoms with Crippen LogP contribution in [0.3, 0.4) is 0 Å². The van der Waals surface area contributed by atoms with Crippen molar-refractivity contribution in [3.8, 4) is 0 Å². The quantitative estimate of drug-likeness (QED) is 0.571. The fraction of sp³-hybridized carbons (Fsp3) is 0. The van der Waals surface area contributed by atoms with Gasteiger partial charge in [-0.05, 0) is 34.1 Å². The second-order valence-corrected chi connectivity index (χ2v) is 3.39. The maximum atomic E-state index is 5.56. The maximum absolute atomic E-state index is 5.56. The molecule has 0 aliphatic rings. The van der Waals surface area contributed by atoms with Crippen LogP contribution in [0.15, 0.2) is 22.7 Å². The zero-order valence-electron chi connectivity index (χ0n) is 5.67. The van der Waals surface area contributed by atoms with Crippen molar-refractivity contribution in [1.82, 2.24) is 0 Å². The Kier molecular flexibility index (Phi) is 2.46. The summed E-state index contributed by atoms with van der Waals surface area (Å²) in [5.74, 6) is 0. The van der Waals surface area contributed by atoms with E-state index in [0.29, 0.717) is 10.7 Å². The van der Waals surface area contributed by atoms with E-state index in [1.165, 1.54) is 0 Å². The molecule has 1 aromatic rings. The molecule has 0 heterocycles. The molecule has 0 fully saturated rings. The zero-order valence-corrected chi connectivity index (χ0v) is 8.08. The van der Waals surface area contributed by atoms with Gasteiger partial charge in [-0.1, -0.05) is 12.2 Å². The molecule has 4 N–H and O–H groups in total. The van der Waals surface area contributed by atoms with Crippen molar-refractivity contribution in [1.29, 1.82) is 0 Å². The zero-order chi connectivity index (χ0) is 8.43. The SMILES string of the molecule is NC(=S)c1ccc(N)c(Br)c1. The van der Waals surface area contributed by atoms with Crippen molar-refractivity contribution in [2.45, 2.75) is 0 Å². The van der Waals surface area contributed by atoms with Crippen LogP contribution in [0.25, 0.3) is 0 Å². The number of anilines is 1. The molecule has 58 valence electrons. The van der Waals surface area contributed by atoms with E-state index < -0.39 is 0 Å². The van der Waals surface area contributed by atoms with Crippen LogP contribution >= 0.6 is 28.1 Å². The molecule has 0 atom stereocenters. The third-order valence-electron chi connectivity index (χ3n) is 1.28. The number of thiocarbonyl (C=S) groups is 1. The Morgan fingerprint density at radius 1 is 1.45 bits per heavy atom. The monoisotopic (exact) mass is 230 g/mol. The molecule has 0 bridgehead atoms. The van der Waals surface area contributed by atoms with Crippen molar-refractivity contribution in [2.24, 2.45) is 5.73 Å². The fourth-order valence-corrected chi connectivity index (χ4v) is 1.19. The van der Waals surface area contributed by atoms with Crippen LogP contribution in [0.4, 0.5) is 5.69 Å². The van der Waals surface area contributed by atoms with Gasteiger partial charge in [0.15, 0.2) is 0 Å². The average molecular weight is 231 g/mol. The molecule has 11 heavy (non-hydrogen) atoms. The predicted octanol–water partition coefficient (Wildman–Crippen LogP) is 1.67. The van der Waals surface area contributed by atoms with Gasteiger partial charge in [0.1, 0.15) is 4.99 Å². The van der Waals surface area contributed by atoms with Crippen LogP contribution in [-0.4, -0.2) is 4.99 Å². The second kappa shape index (κ2) is 3.19. The van der Waals surface area contributed by atoms with E-state index in [1.807, 2.05) is 0 Å². The van der Waals surface area contributed by atoms with E-state index in [9.17, 15) is 0 Å². The van der Waals surface area contributed by atoms with Gasteiger partial charge in [-0.15, -0.1) is 0 Å². The third kappa shape index (κ3) is 1.91. The summed E-state index contributed by atoms with van der Waals surface area (Å²) in [5, 5.41) is 0. The molecular weight excluding hydrogens is 224 g/mol. The summed E-state index contributed by atoms with van der Waals surface area (Å²) in [6.45, 7) is 0. The lowest BCUT2D eigenvalue weighted by molar-refractivity contribution is 1.58. The van der Waals surface area contributed by atoms with Crippen LogP contribution in [0, 0.1) is 0 Å². The molecule has 0 aliphatic carbocycles. The summed E-state index contributed by atoms with van der Waals surface area (Å²) >= 11 is 8.06. The lowest BCUT2D eigenvalue weighted by Crippen LogP contribution is -2.09. The Morgan fingerprint density at radius 3 is 2.55 bits per heavy atom. The molecule has 2 nitrogen and oxygen atoms in total. The van der Waals surface area contributed by atoms with E-state index in [0.717, 1.165) is 10.0 Å². The number of nitrogens with two attached hydrogens (primary N) is 2.